The zero-order valence-corrected chi connectivity index (χ0v) is 12.1. The minimum atomic E-state index is -0.103. The van der Waals surface area contributed by atoms with Crippen molar-refractivity contribution in [1.29, 1.82) is 0 Å². The first-order chi connectivity index (χ1) is 10.8. The van der Waals surface area contributed by atoms with Crippen LogP contribution in [-0.2, 0) is 22.8 Å². The van der Waals surface area contributed by atoms with E-state index in [1.165, 1.54) is 7.11 Å². The van der Waals surface area contributed by atoms with Gasteiger partial charge in [0.1, 0.15) is 6.61 Å². The van der Waals surface area contributed by atoms with E-state index in [9.17, 15) is 4.79 Å². The van der Waals surface area contributed by atoms with E-state index in [0.29, 0.717) is 12.0 Å². The van der Waals surface area contributed by atoms with Gasteiger partial charge in [-0.05, 0) is 23.3 Å². The standard InChI is InChI=1S/C17H14N2O3/c1-21-22-9-10-4-2-5-11-13(10)8-14-15-12(6-3-7-18-15)17(20)19-16(11)14/h2-7H,8-9H2,1H3,(H,19,20). The second kappa shape index (κ2) is 5.05. The van der Waals surface area contributed by atoms with E-state index in [1.807, 2.05) is 18.2 Å². The highest BCUT2D eigenvalue weighted by Crippen LogP contribution is 2.38. The van der Waals surface area contributed by atoms with Crippen LogP contribution in [0, 0.1) is 0 Å². The quantitative estimate of drug-likeness (QED) is 0.466. The zero-order valence-electron chi connectivity index (χ0n) is 12.1. The molecule has 0 saturated carbocycles. The molecule has 0 atom stereocenters. The van der Waals surface area contributed by atoms with Crippen molar-refractivity contribution in [3.63, 3.8) is 0 Å². The van der Waals surface area contributed by atoms with Crippen LogP contribution >= 0.6 is 0 Å². The molecule has 110 valence electrons. The molecule has 0 radical (unpaired) electrons. The van der Waals surface area contributed by atoms with Crippen molar-refractivity contribution in [3.05, 3.63) is 63.6 Å². The number of nitrogens with zero attached hydrogens (tertiary/aromatic N) is 1. The maximum absolute atomic E-state index is 12.3. The molecule has 1 N–H and O–H groups in total. The number of hydrogen-bond donors (Lipinski definition) is 1. The fourth-order valence-electron chi connectivity index (χ4n) is 3.12. The molecule has 4 rings (SSSR count). The average Bonchev–Trinajstić information content (AvgIpc) is 2.93. The number of pyridine rings is 2. The lowest BCUT2D eigenvalue weighted by atomic mass is 10.0. The van der Waals surface area contributed by atoms with Gasteiger partial charge in [0.25, 0.3) is 5.56 Å². The molecule has 1 aliphatic rings. The van der Waals surface area contributed by atoms with Gasteiger partial charge in [0.2, 0.25) is 0 Å². The number of nitrogens with one attached hydrogen (secondary N) is 1. The van der Waals surface area contributed by atoms with Gasteiger partial charge in [-0.3, -0.25) is 9.78 Å². The Bertz CT molecular complexity index is 931. The van der Waals surface area contributed by atoms with Gasteiger partial charge in [-0.15, -0.1) is 0 Å². The molecule has 2 heterocycles. The predicted molar refractivity (Wildman–Crippen MR) is 82.4 cm³/mol. The third-order valence-electron chi connectivity index (χ3n) is 4.11. The second-order valence-electron chi connectivity index (χ2n) is 5.26. The fourth-order valence-corrected chi connectivity index (χ4v) is 3.12. The van der Waals surface area contributed by atoms with Gasteiger partial charge in [0.05, 0.1) is 23.7 Å². The minimum absolute atomic E-state index is 0.103. The van der Waals surface area contributed by atoms with E-state index in [0.717, 1.165) is 39.9 Å². The first-order valence-electron chi connectivity index (χ1n) is 7.06. The zero-order chi connectivity index (χ0) is 15.1. The summed E-state index contributed by atoms with van der Waals surface area (Å²) in [6.45, 7) is 0.378. The molecular formula is C17H14N2O3. The molecule has 0 spiro atoms. The lowest BCUT2D eigenvalue weighted by molar-refractivity contribution is -0.282. The van der Waals surface area contributed by atoms with Gasteiger partial charge in [-0.2, -0.15) is 0 Å². The summed E-state index contributed by atoms with van der Waals surface area (Å²) in [5.74, 6) is 0. The van der Waals surface area contributed by atoms with Crippen LogP contribution in [0.1, 0.15) is 16.7 Å². The summed E-state index contributed by atoms with van der Waals surface area (Å²) in [6.07, 6.45) is 2.46. The summed E-state index contributed by atoms with van der Waals surface area (Å²) >= 11 is 0. The van der Waals surface area contributed by atoms with Crippen molar-refractivity contribution < 1.29 is 9.78 Å². The summed E-state index contributed by atoms with van der Waals surface area (Å²) in [6, 6.07) is 9.58. The third kappa shape index (κ3) is 1.87. The van der Waals surface area contributed by atoms with Gasteiger partial charge < -0.3 is 4.98 Å². The van der Waals surface area contributed by atoms with E-state index in [1.54, 1.807) is 18.3 Å². The predicted octanol–water partition coefficient (Wildman–Crippen LogP) is 2.57. The lowest BCUT2D eigenvalue weighted by Gasteiger charge is -2.07. The van der Waals surface area contributed by atoms with Crippen molar-refractivity contribution in [2.45, 2.75) is 13.0 Å². The Morgan fingerprint density at radius 3 is 3.00 bits per heavy atom. The highest BCUT2D eigenvalue weighted by atomic mass is 17.2. The van der Waals surface area contributed by atoms with Crippen LogP contribution < -0.4 is 5.56 Å². The molecule has 22 heavy (non-hydrogen) atoms. The van der Waals surface area contributed by atoms with Gasteiger partial charge >= 0.3 is 0 Å². The van der Waals surface area contributed by atoms with Crippen LogP contribution in [0.15, 0.2) is 41.3 Å². The van der Waals surface area contributed by atoms with Gasteiger partial charge in [-0.1, -0.05) is 18.2 Å². The van der Waals surface area contributed by atoms with Crippen molar-refractivity contribution in [2.75, 3.05) is 7.11 Å². The molecule has 5 nitrogen and oxygen atoms in total. The Labute approximate surface area is 126 Å². The first-order valence-corrected chi connectivity index (χ1v) is 7.06. The van der Waals surface area contributed by atoms with Gasteiger partial charge in [0.15, 0.2) is 0 Å². The molecule has 0 saturated heterocycles. The normalized spacial score (nSPS) is 12.4. The van der Waals surface area contributed by atoms with E-state index in [4.69, 9.17) is 9.78 Å². The Hall–Kier alpha value is -2.50. The molecule has 3 aromatic rings. The molecule has 0 bridgehead atoms. The molecule has 1 aliphatic carbocycles. The Balaban J connectivity index is 1.95. The fraction of sp³-hybridized carbons (Fsp3) is 0.176. The topological polar surface area (TPSA) is 64.2 Å². The average molecular weight is 294 g/mol. The molecule has 2 aromatic heterocycles. The largest absolute Gasteiger partial charge is 0.321 e. The maximum Gasteiger partial charge on any atom is 0.257 e. The molecule has 0 amide bonds. The van der Waals surface area contributed by atoms with Crippen molar-refractivity contribution >= 4 is 10.9 Å². The van der Waals surface area contributed by atoms with E-state index >= 15 is 0 Å². The number of aromatic amines is 1. The van der Waals surface area contributed by atoms with Gasteiger partial charge in [-0.25, -0.2) is 9.78 Å². The number of aromatic nitrogens is 2. The van der Waals surface area contributed by atoms with Crippen molar-refractivity contribution in [2.24, 2.45) is 0 Å². The second-order valence-corrected chi connectivity index (χ2v) is 5.26. The SMILES string of the molecule is COOCc1cccc2c1Cc1c-2[nH]c(=O)c2cccnc12. The molecule has 1 aromatic carbocycles. The van der Waals surface area contributed by atoms with Crippen LogP contribution in [-0.4, -0.2) is 17.1 Å². The monoisotopic (exact) mass is 294 g/mol. The highest BCUT2D eigenvalue weighted by Gasteiger charge is 2.25. The lowest BCUT2D eigenvalue weighted by Crippen LogP contribution is -2.09. The molecular weight excluding hydrogens is 280 g/mol. The van der Waals surface area contributed by atoms with Crippen molar-refractivity contribution in [3.8, 4) is 11.3 Å². The van der Waals surface area contributed by atoms with Crippen molar-refractivity contribution in [1.82, 2.24) is 9.97 Å². The Kier molecular flexibility index (Phi) is 3.03. The van der Waals surface area contributed by atoms with E-state index < -0.39 is 0 Å². The number of hydrogen-bond acceptors (Lipinski definition) is 4. The molecule has 0 unspecified atom stereocenters. The molecule has 0 aliphatic heterocycles. The summed E-state index contributed by atoms with van der Waals surface area (Å²) in [7, 11) is 1.49. The summed E-state index contributed by atoms with van der Waals surface area (Å²) in [4.78, 5) is 29.4. The Morgan fingerprint density at radius 1 is 1.23 bits per heavy atom. The summed E-state index contributed by atoms with van der Waals surface area (Å²) in [5.41, 5.74) is 5.85. The summed E-state index contributed by atoms with van der Waals surface area (Å²) in [5, 5.41) is 0.628. The maximum atomic E-state index is 12.3. The molecule has 5 heteroatoms. The van der Waals surface area contributed by atoms with E-state index in [2.05, 4.69) is 9.97 Å². The van der Waals surface area contributed by atoms with Crippen LogP contribution in [0.25, 0.3) is 22.2 Å². The summed E-state index contributed by atoms with van der Waals surface area (Å²) < 4.78 is 0. The molecule has 0 fully saturated rings. The van der Waals surface area contributed by atoms with Crippen LogP contribution in [0.3, 0.4) is 0 Å². The first kappa shape index (κ1) is 13.2. The Morgan fingerprint density at radius 2 is 2.14 bits per heavy atom. The van der Waals surface area contributed by atoms with Crippen LogP contribution in [0.4, 0.5) is 0 Å². The van der Waals surface area contributed by atoms with Crippen LogP contribution in [0.2, 0.25) is 0 Å². The van der Waals surface area contributed by atoms with Crippen LogP contribution in [0.5, 0.6) is 0 Å². The smallest absolute Gasteiger partial charge is 0.257 e. The third-order valence-corrected chi connectivity index (χ3v) is 4.11. The number of fused-ring (bicyclic) bond motifs is 5. The number of rotatable bonds is 3. The number of benzene rings is 1. The minimum Gasteiger partial charge on any atom is -0.321 e. The highest BCUT2D eigenvalue weighted by molar-refractivity contribution is 5.90. The van der Waals surface area contributed by atoms with Gasteiger partial charge in [0, 0.05) is 23.7 Å². The number of H-pyrrole nitrogens is 1. The van der Waals surface area contributed by atoms with E-state index in [-0.39, 0.29) is 5.56 Å².